The van der Waals surface area contributed by atoms with Gasteiger partial charge in [0.05, 0.1) is 5.69 Å². The predicted molar refractivity (Wildman–Crippen MR) is 65.0 cm³/mol. The topological polar surface area (TPSA) is 65.5 Å². The summed E-state index contributed by atoms with van der Waals surface area (Å²) in [6, 6.07) is 3.26. The molecule has 0 bridgehead atoms. The highest BCUT2D eigenvalue weighted by Crippen LogP contribution is 2.18. The molecule has 1 aliphatic rings. The van der Waals surface area contributed by atoms with E-state index < -0.39 is 12.0 Å². The molecule has 0 aliphatic carbocycles. The molecule has 1 unspecified atom stereocenters. The summed E-state index contributed by atoms with van der Waals surface area (Å²) in [6.45, 7) is 3.48. The fraction of sp³-hybridized carbons (Fsp3) is 0.500. The van der Waals surface area contributed by atoms with E-state index >= 15 is 0 Å². The first-order chi connectivity index (χ1) is 8.06. The SMILES string of the molecule is CC(Nc1ccc2c(n1)CN(C)CC2)C(=O)O. The van der Waals surface area contributed by atoms with Gasteiger partial charge < -0.3 is 15.3 Å². The van der Waals surface area contributed by atoms with Crippen molar-refractivity contribution in [2.45, 2.75) is 25.9 Å². The minimum atomic E-state index is -0.873. The minimum absolute atomic E-state index is 0.623. The lowest BCUT2D eigenvalue weighted by Crippen LogP contribution is -2.29. The van der Waals surface area contributed by atoms with Gasteiger partial charge >= 0.3 is 5.97 Å². The average Bonchev–Trinajstić information content (AvgIpc) is 2.28. The molecule has 0 spiro atoms. The number of carbonyl (C=O) groups is 1. The number of pyridine rings is 1. The van der Waals surface area contributed by atoms with E-state index in [-0.39, 0.29) is 0 Å². The molecular formula is C12H17N3O2. The number of hydrogen-bond acceptors (Lipinski definition) is 4. The molecule has 5 nitrogen and oxygen atoms in total. The molecule has 0 amide bonds. The maximum absolute atomic E-state index is 10.7. The molecule has 0 saturated carbocycles. The van der Waals surface area contributed by atoms with Crippen molar-refractivity contribution in [2.75, 3.05) is 18.9 Å². The lowest BCUT2D eigenvalue weighted by atomic mass is 10.1. The molecule has 0 radical (unpaired) electrons. The molecule has 1 atom stereocenters. The summed E-state index contributed by atoms with van der Waals surface area (Å²) < 4.78 is 0. The quantitative estimate of drug-likeness (QED) is 0.816. The first-order valence-corrected chi connectivity index (χ1v) is 5.73. The zero-order valence-electron chi connectivity index (χ0n) is 10.1. The molecule has 0 aromatic carbocycles. The van der Waals surface area contributed by atoms with Crippen LogP contribution in [0, 0.1) is 0 Å². The number of carboxylic acid groups (broad SMARTS) is 1. The second kappa shape index (κ2) is 4.71. The Morgan fingerprint density at radius 1 is 1.59 bits per heavy atom. The van der Waals surface area contributed by atoms with Crippen molar-refractivity contribution in [3.63, 3.8) is 0 Å². The van der Waals surface area contributed by atoms with E-state index in [0.29, 0.717) is 5.82 Å². The van der Waals surface area contributed by atoms with Crippen molar-refractivity contribution in [2.24, 2.45) is 0 Å². The van der Waals surface area contributed by atoms with E-state index in [9.17, 15) is 4.79 Å². The van der Waals surface area contributed by atoms with Gasteiger partial charge in [0.1, 0.15) is 11.9 Å². The fourth-order valence-electron chi connectivity index (χ4n) is 1.90. The maximum Gasteiger partial charge on any atom is 0.325 e. The number of rotatable bonds is 3. The second-order valence-corrected chi connectivity index (χ2v) is 4.49. The number of hydrogen-bond donors (Lipinski definition) is 2. The van der Waals surface area contributed by atoms with Crippen molar-refractivity contribution in [1.29, 1.82) is 0 Å². The first kappa shape index (κ1) is 11.9. The summed E-state index contributed by atoms with van der Waals surface area (Å²) in [4.78, 5) is 17.4. The highest BCUT2D eigenvalue weighted by atomic mass is 16.4. The molecule has 2 N–H and O–H groups in total. The Morgan fingerprint density at radius 2 is 2.35 bits per heavy atom. The number of carboxylic acids is 1. The number of anilines is 1. The van der Waals surface area contributed by atoms with Gasteiger partial charge in [-0.25, -0.2) is 4.98 Å². The van der Waals surface area contributed by atoms with Crippen molar-refractivity contribution >= 4 is 11.8 Å². The Hall–Kier alpha value is -1.62. The molecule has 2 rings (SSSR count). The minimum Gasteiger partial charge on any atom is -0.480 e. The Bertz CT molecular complexity index is 434. The van der Waals surface area contributed by atoms with Crippen LogP contribution >= 0.6 is 0 Å². The molecular weight excluding hydrogens is 218 g/mol. The van der Waals surface area contributed by atoms with Crippen molar-refractivity contribution in [3.8, 4) is 0 Å². The monoisotopic (exact) mass is 235 g/mol. The highest BCUT2D eigenvalue weighted by molar-refractivity contribution is 5.76. The summed E-state index contributed by atoms with van der Waals surface area (Å²) in [7, 11) is 2.06. The van der Waals surface area contributed by atoms with Gasteiger partial charge in [0.25, 0.3) is 0 Å². The van der Waals surface area contributed by atoms with Gasteiger partial charge in [0.15, 0.2) is 0 Å². The van der Waals surface area contributed by atoms with Gasteiger partial charge in [-0.1, -0.05) is 6.07 Å². The normalized spacial score (nSPS) is 17.3. The van der Waals surface area contributed by atoms with Crippen LogP contribution in [-0.4, -0.2) is 40.6 Å². The van der Waals surface area contributed by atoms with Crippen LogP contribution in [0.1, 0.15) is 18.2 Å². The van der Waals surface area contributed by atoms with E-state index in [1.165, 1.54) is 5.56 Å². The van der Waals surface area contributed by atoms with Crippen molar-refractivity contribution in [3.05, 3.63) is 23.4 Å². The molecule has 1 aromatic heterocycles. The number of fused-ring (bicyclic) bond motifs is 1. The van der Waals surface area contributed by atoms with Gasteiger partial charge in [0, 0.05) is 13.1 Å². The lowest BCUT2D eigenvalue weighted by molar-refractivity contribution is -0.137. The maximum atomic E-state index is 10.7. The van der Waals surface area contributed by atoms with E-state index in [0.717, 1.165) is 25.2 Å². The van der Waals surface area contributed by atoms with Gasteiger partial charge in [-0.2, -0.15) is 0 Å². The molecule has 0 saturated heterocycles. The molecule has 5 heteroatoms. The third-order valence-electron chi connectivity index (χ3n) is 2.99. The van der Waals surface area contributed by atoms with E-state index in [4.69, 9.17) is 5.11 Å². The fourth-order valence-corrected chi connectivity index (χ4v) is 1.90. The van der Waals surface area contributed by atoms with Crippen LogP contribution in [0.25, 0.3) is 0 Å². The first-order valence-electron chi connectivity index (χ1n) is 5.73. The lowest BCUT2D eigenvalue weighted by Gasteiger charge is -2.24. The van der Waals surface area contributed by atoms with E-state index in [2.05, 4.69) is 22.2 Å². The summed E-state index contributed by atoms with van der Waals surface area (Å²) in [6.07, 6.45) is 1.01. The summed E-state index contributed by atoms with van der Waals surface area (Å²) in [5.41, 5.74) is 2.30. The van der Waals surface area contributed by atoms with Crippen LogP contribution in [0.2, 0.25) is 0 Å². The van der Waals surface area contributed by atoms with Crippen LogP contribution in [0.4, 0.5) is 5.82 Å². The standard InChI is InChI=1S/C12H17N3O2/c1-8(12(16)17)13-11-4-3-9-5-6-15(2)7-10(9)14-11/h3-4,8H,5-7H2,1-2H3,(H,13,14)(H,16,17). The van der Waals surface area contributed by atoms with Crippen LogP contribution in [0.15, 0.2) is 12.1 Å². The Balaban J connectivity index is 2.15. The summed E-state index contributed by atoms with van der Waals surface area (Å²) in [5, 5.41) is 11.7. The number of aromatic nitrogens is 1. The average molecular weight is 235 g/mol. The van der Waals surface area contributed by atoms with Crippen LogP contribution < -0.4 is 5.32 Å². The predicted octanol–water partition coefficient (Wildman–Crippen LogP) is 0.954. The molecule has 17 heavy (non-hydrogen) atoms. The second-order valence-electron chi connectivity index (χ2n) is 4.49. The van der Waals surface area contributed by atoms with Gasteiger partial charge in [-0.05, 0) is 32.0 Å². The zero-order chi connectivity index (χ0) is 12.4. The zero-order valence-corrected chi connectivity index (χ0v) is 10.1. The molecule has 92 valence electrons. The number of likely N-dealkylation sites (N-methyl/N-ethyl adjacent to an activating group) is 1. The van der Waals surface area contributed by atoms with Crippen molar-refractivity contribution in [1.82, 2.24) is 9.88 Å². The molecule has 1 aromatic rings. The smallest absolute Gasteiger partial charge is 0.325 e. The Labute approximate surface area is 100 Å². The third-order valence-corrected chi connectivity index (χ3v) is 2.99. The van der Waals surface area contributed by atoms with Crippen LogP contribution in [0.3, 0.4) is 0 Å². The molecule has 0 fully saturated rings. The van der Waals surface area contributed by atoms with Gasteiger partial charge in [0.2, 0.25) is 0 Å². The van der Waals surface area contributed by atoms with Crippen LogP contribution in [0.5, 0.6) is 0 Å². The highest BCUT2D eigenvalue weighted by Gasteiger charge is 2.16. The summed E-state index contributed by atoms with van der Waals surface area (Å²) >= 11 is 0. The molecule has 1 aliphatic heterocycles. The third kappa shape index (κ3) is 2.74. The van der Waals surface area contributed by atoms with E-state index in [1.54, 1.807) is 6.92 Å². The number of nitrogens with one attached hydrogen (secondary N) is 1. The Morgan fingerprint density at radius 3 is 3.06 bits per heavy atom. The molecule has 2 heterocycles. The van der Waals surface area contributed by atoms with E-state index in [1.807, 2.05) is 12.1 Å². The largest absolute Gasteiger partial charge is 0.480 e. The van der Waals surface area contributed by atoms with Gasteiger partial charge in [-0.3, -0.25) is 4.79 Å². The summed E-state index contributed by atoms with van der Waals surface area (Å²) in [5.74, 6) is -0.240. The van der Waals surface area contributed by atoms with Crippen molar-refractivity contribution < 1.29 is 9.90 Å². The number of aliphatic carboxylic acids is 1. The Kier molecular flexibility index (Phi) is 3.28. The number of nitrogens with zero attached hydrogens (tertiary/aromatic N) is 2. The van der Waals surface area contributed by atoms with Crippen LogP contribution in [-0.2, 0) is 17.8 Å². The van der Waals surface area contributed by atoms with Gasteiger partial charge in [-0.15, -0.1) is 0 Å².